The van der Waals surface area contributed by atoms with Gasteiger partial charge >= 0.3 is 0 Å². The zero-order chi connectivity index (χ0) is 26.3. The van der Waals surface area contributed by atoms with E-state index in [9.17, 15) is 8.78 Å². The normalized spacial score (nSPS) is 12.3. The molecule has 0 saturated carbocycles. The topological polar surface area (TPSA) is 57.8 Å². The summed E-state index contributed by atoms with van der Waals surface area (Å²) in [5.41, 5.74) is 4.42. The third kappa shape index (κ3) is 4.57. The van der Waals surface area contributed by atoms with E-state index in [2.05, 4.69) is 15.2 Å². The van der Waals surface area contributed by atoms with Gasteiger partial charge in [-0.1, -0.05) is 31.0 Å². The van der Waals surface area contributed by atoms with Gasteiger partial charge in [0.25, 0.3) is 0 Å². The molecule has 0 radical (unpaired) electrons. The number of ether oxygens (including phenoxy) is 1. The summed E-state index contributed by atoms with van der Waals surface area (Å²) in [6.07, 6.45) is 6.82. The van der Waals surface area contributed by atoms with Gasteiger partial charge in [0.05, 0.1) is 35.9 Å². The van der Waals surface area contributed by atoms with Crippen molar-refractivity contribution in [1.82, 2.24) is 24.3 Å². The van der Waals surface area contributed by atoms with E-state index in [-0.39, 0.29) is 11.6 Å². The molecule has 3 aromatic rings. The highest BCUT2D eigenvalue weighted by molar-refractivity contribution is 6.30. The number of hydrogen-bond acceptors (Lipinski definition) is 4. The molecule has 1 unspecified atom stereocenters. The minimum atomic E-state index is -0.579. The van der Waals surface area contributed by atoms with Crippen molar-refractivity contribution in [2.45, 2.75) is 39.7 Å². The van der Waals surface area contributed by atoms with Crippen molar-refractivity contribution in [3.05, 3.63) is 88.6 Å². The second kappa shape index (κ2) is 9.94. The lowest BCUT2D eigenvalue weighted by Gasteiger charge is -2.24. The van der Waals surface area contributed by atoms with Crippen molar-refractivity contribution in [3.8, 4) is 34.1 Å². The first-order chi connectivity index (χ1) is 17.8. The molecule has 2 aromatic carbocycles. The van der Waals surface area contributed by atoms with Crippen molar-refractivity contribution < 1.29 is 13.5 Å². The lowest BCUT2D eigenvalue weighted by Crippen LogP contribution is -2.15. The van der Waals surface area contributed by atoms with Gasteiger partial charge in [-0.2, -0.15) is 0 Å². The lowest BCUT2D eigenvalue weighted by atomic mass is 9.98. The molecule has 2 aliphatic heterocycles. The van der Waals surface area contributed by atoms with Crippen LogP contribution in [-0.2, 0) is 0 Å². The monoisotopic (exact) mass is 521 g/mol. The van der Waals surface area contributed by atoms with E-state index in [0.29, 0.717) is 34.3 Å². The van der Waals surface area contributed by atoms with E-state index in [0.717, 1.165) is 28.9 Å². The SMILES string of the molecule is CCCC(c1cc(F)c(C)c(F)c1)n1cc(Cl)cc2c(-c3ccc(-n4cnc(C)c4)c(OC)c3)nnc1-2. The molecule has 9 heteroatoms. The number of nitrogens with zero attached hydrogens (tertiary/aromatic N) is 5. The zero-order valence-electron chi connectivity index (χ0n) is 21.0. The number of rotatable bonds is 7. The van der Waals surface area contributed by atoms with Crippen LogP contribution in [0.5, 0.6) is 5.75 Å². The fourth-order valence-corrected chi connectivity index (χ4v) is 4.86. The molecule has 0 N–H and O–H groups in total. The Hall–Kier alpha value is -3.78. The van der Waals surface area contributed by atoms with E-state index >= 15 is 0 Å². The van der Waals surface area contributed by atoms with E-state index in [4.69, 9.17) is 16.3 Å². The summed E-state index contributed by atoms with van der Waals surface area (Å²) in [5, 5.41) is 9.43. The zero-order valence-corrected chi connectivity index (χ0v) is 21.7. The van der Waals surface area contributed by atoms with Gasteiger partial charge in [-0.05, 0) is 56.2 Å². The molecule has 3 heterocycles. The Morgan fingerprint density at radius 1 is 1.03 bits per heavy atom. The van der Waals surface area contributed by atoms with Crippen molar-refractivity contribution in [3.63, 3.8) is 0 Å². The van der Waals surface area contributed by atoms with Gasteiger partial charge in [0.1, 0.15) is 23.1 Å². The average molecular weight is 522 g/mol. The summed E-state index contributed by atoms with van der Waals surface area (Å²) in [6.45, 7) is 5.37. The van der Waals surface area contributed by atoms with E-state index < -0.39 is 11.6 Å². The number of fused-ring (bicyclic) bond motifs is 1. The number of hydrogen-bond donors (Lipinski definition) is 0. The molecule has 0 aliphatic carbocycles. The summed E-state index contributed by atoms with van der Waals surface area (Å²) in [6, 6.07) is 9.98. The minimum absolute atomic E-state index is 0.00104. The Labute approximate surface area is 218 Å². The van der Waals surface area contributed by atoms with Crippen LogP contribution in [0, 0.1) is 25.5 Å². The molecule has 6 nitrogen and oxygen atoms in total. The number of pyridine rings is 1. The van der Waals surface area contributed by atoms with Gasteiger partial charge in [-0.3, -0.25) is 0 Å². The Morgan fingerprint density at radius 3 is 2.43 bits per heavy atom. The second-order valence-corrected chi connectivity index (χ2v) is 9.51. The number of aromatic nitrogens is 5. The van der Waals surface area contributed by atoms with Gasteiger partial charge in [-0.15, -0.1) is 10.2 Å². The fourth-order valence-electron chi connectivity index (χ4n) is 4.64. The average Bonchev–Trinajstić information content (AvgIpc) is 3.51. The molecule has 1 aromatic heterocycles. The van der Waals surface area contributed by atoms with Gasteiger partial charge in [0, 0.05) is 29.1 Å². The summed E-state index contributed by atoms with van der Waals surface area (Å²) >= 11 is 6.57. The third-order valence-corrected chi connectivity index (χ3v) is 6.77. The molecule has 190 valence electrons. The first-order valence-electron chi connectivity index (χ1n) is 12.0. The van der Waals surface area contributed by atoms with Crippen molar-refractivity contribution in [2.24, 2.45) is 0 Å². The summed E-state index contributed by atoms with van der Waals surface area (Å²) < 4.78 is 38.4. The maximum Gasteiger partial charge on any atom is 0.165 e. The Balaban J connectivity index is 1.60. The van der Waals surface area contributed by atoms with Crippen LogP contribution < -0.4 is 4.74 Å². The first-order valence-corrected chi connectivity index (χ1v) is 12.4. The Bertz CT molecular complexity index is 1540. The van der Waals surface area contributed by atoms with Crippen molar-refractivity contribution in [1.29, 1.82) is 0 Å². The highest BCUT2D eigenvalue weighted by Gasteiger charge is 2.25. The van der Waals surface area contributed by atoms with Crippen LogP contribution in [0.2, 0.25) is 5.02 Å². The minimum Gasteiger partial charge on any atom is -0.495 e. The smallest absolute Gasteiger partial charge is 0.165 e. The number of benzene rings is 2. The van der Waals surface area contributed by atoms with Crippen LogP contribution in [0.15, 0.2) is 55.1 Å². The van der Waals surface area contributed by atoms with E-state index in [1.807, 2.05) is 53.4 Å². The first kappa shape index (κ1) is 24.9. The maximum absolute atomic E-state index is 14.5. The standard InChI is InChI=1S/C28H26ClF2N5O/c1-5-6-24(19-9-22(30)17(3)23(31)10-19)36-14-20(29)12-21-27(33-34-28(21)36)18-7-8-25(26(11-18)37-4)35-13-16(2)32-15-35/h7-15,24H,5-6H2,1-4H3. The lowest BCUT2D eigenvalue weighted by molar-refractivity contribution is 0.413. The number of halogens is 3. The Morgan fingerprint density at radius 2 is 1.78 bits per heavy atom. The maximum atomic E-state index is 14.5. The highest BCUT2D eigenvalue weighted by Crippen LogP contribution is 2.39. The van der Waals surface area contributed by atoms with Crippen molar-refractivity contribution >= 4 is 11.6 Å². The third-order valence-electron chi connectivity index (χ3n) is 6.56. The Kier molecular flexibility index (Phi) is 6.69. The van der Waals surface area contributed by atoms with Crippen LogP contribution in [0.3, 0.4) is 0 Å². The van der Waals surface area contributed by atoms with Gasteiger partial charge < -0.3 is 13.9 Å². The van der Waals surface area contributed by atoms with Gasteiger partial charge in [0.2, 0.25) is 0 Å². The number of aryl methyl sites for hydroxylation is 1. The number of methoxy groups -OCH3 is 1. The molecule has 2 aliphatic rings. The molecule has 0 amide bonds. The molecule has 5 rings (SSSR count). The predicted molar refractivity (Wildman–Crippen MR) is 140 cm³/mol. The largest absolute Gasteiger partial charge is 0.495 e. The summed E-state index contributed by atoms with van der Waals surface area (Å²) in [4.78, 5) is 4.29. The molecule has 1 atom stereocenters. The second-order valence-electron chi connectivity index (χ2n) is 9.07. The predicted octanol–water partition coefficient (Wildman–Crippen LogP) is 7.18. The van der Waals surface area contributed by atoms with Crippen molar-refractivity contribution in [2.75, 3.05) is 7.11 Å². The number of imidazole rings is 1. The van der Waals surface area contributed by atoms with E-state index in [1.165, 1.54) is 19.1 Å². The molecular formula is C28H26ClF2N5O. The molecule has 0 fully saturated rings. The molecule has 0 saturated heterocycles. The van der Waals surface area contributed by atoms with E-state index in [1.54, 1.807) is 19.6 Å². The molecule has 37 heavy (non-hydrogen) atoms. The van der Waals surface area contributed by atoms with Crippen LogP contribution >= 0.6 is 11.6 Å². The summed E-state index contributed by atoms with van der Waals surface area (Å²) in [5.74, 6) is 0.0667. The van der Waals surface area contributed by atoms with Crippen LogP contribution in [-0.4, -0.2) is 31.4 Å². The summed E-state index contributed by atoms with van der Waals surface area (Å²) in [7, 11) is 1.61. The van der Waals surface area contributed by atoms with Crippen LogP contribution in [0.1, 0.15) is 42.6 Å². The quantitative estimate of drug-likeness (QED) is 0.227. The highest BCUT2D eigenvalue weighted by atomic mass is 35.5. The van der Waals surface area contributed by atoms with Crippen LogP contribution in [0.25, 0.3) is 28.3 Å². The van der Waals surface area contributed by atoms with Gasteiger partial charge in [-0.25, -0.2) is 13.8 Å². The van der Waals surface area contributed by atoms with Gasteiger partial charge in [0.15, 0.2) is 5.82 Å². The fraction of sp³-hybridized carbons (Fsp3) is 0.250. The van der Waals surface area contributed by atoms with Crippen LogP contribution in [0.4, 0.5) is 8.78 Å². The molecule has 0 bridgehead atoms. The molecular weight excluding hydrogens is 496 g/mol. The molecule has 0 spiro atoms.